The van der Waals surface area contributed by atoms with Gasteiger partial charge < -0.3 is 10.8 Å². The van der Waals surface area contributed by atoms with E-state index < -0.39 is 0 Å². The van der Waals surface area contributed by atoms with Gasteiger partial charge in [0.25, 0.3) is 0 Å². The molecule has 0 aliphatic heterocycles. The SMILES string of the molecule is CCCC1CCC(CN)(C(O)CC2CCCCC2)CC1. The zero-order valence-corrected chi connectivity index (χ0v) is 13.4. The molecule has 118 valence electrons. The molecule has 2 rings (SSSR count). The van der Waals surface area contributed by atoms with Crippen LogP contribution in [0.15, 0.2) is 0 Å². The van der Waals surface area contributed by atoms with Crippen LogP contribution in [0.1, 0.15) is 84.0 Å². The Balaban J connectivity index is 1.86. The first kappa shape index (κ1) is 16.3. The molecule has 0 radical (unpaired) electrons. The summed E-state index contributed by atoms with van der Waals surface area (Å²) in [6.07, 6.45) is 15.2. The average Bonchev–Trinajstić information content (AvgIpc) is 2.49. The summed E-state index contributed by atoms with van der Waals surface area (Å²) < 4.78 is 0. The summed E-state index contributed by atoms with van der Waals surface area (Å²) in [5.74, 6) is 1.65. The highest BCUT2D eigenvalue weighted by Crippen LogP contribution is 2.44. The molecule has 2 aliphatic rings. The van der Waals surface area contributed by atoms with E-state index in [1.54, 1.807) is 0 Å². The lowest BCUT2D eigenvalue weighted by molar-refractivity contribution is -0.0257. The first-order valence-corrected chi connectivity index (χ1v) is 9.08. The van der Waals surface area contributed by atoms with Crippen LogP contribution >= 0.6 is 0 Å². The molecule has 1 unspecified atom stereocenters. The van der Waals surface area contributed by atoms with E-state index in [9.17, 15) is 5.11 Å². The van der Waals surface area contributed by atoms with E-state index in [-0.39, 0.29) is 11.5 Å². The monoisotopic (exact) mass is 281 g/mol. The number of nitrogens with two attached hydrogens (primary N) is 1. The maximum Gasteiger partial charge on any atom is 0.0611 e. The molecule has 20 heavy (non-hydrogen) atoms. The molecular formula is C18H35NO. The molecule has 1 atom stereocenters. The van der Waals surface area contributed by atoms with Crippen LogP contribution in [-0.4, -0.2) is 17.8 Å². The molecular weight excluding hydrogens is 246 g/mol. The lowest BCUT2D eigenvalue weighted by atomic mass is 9.64. The van der Waals surface area contributed by atoms with Gasteiger partial charge in [-0.2, -0.15) is 0 Å². The first-order chi connectivity index (χ1) is 9.70. The fourth-order valence-electron chi connectivity index (χ4n) is 4.61. The van der Waals surface area contributed by atoms with Crippen molar-refractivity contribution >= 4 is 0 Å². The molecule has 2 aliphatic carbocycles. The van der Waals surface area contributed by atoms with E-state index in [1.807, 2.05) is 0 Å². The second-order valence-corrected chi connectivity index (χ2v) is 7.55. The highest BCUT2D eigenvalue weighted by Gasteiger charge is 2.40. The van der Waals surface area contributed by atoms with Crippen molar-refractivity contribution in [3.63, 3.8) is 0 Å². The summed E-state index contributed by atoms with van der Waals surface area (Å²) in [7, 11) is 0. The quantitative estimate of drug-likeness (QED) is 0.764. The Morgan fingerprint density at radius 2 is 1.70 bits per heavy atom. The van der Waals surface area contributed by atoms with Crippen molar-refractivity contribution < 1.29 is 5.11 Å². The van der Waals surface area contributed by atoms with E-state index >= 15 is 0 Å². The Bertz CT molecular complexity index is 265. The molecule has 0 amide bonds. The van der Waals surface area contributed by atoms with Gasteiger partial charge in [-0.1, -0.05) is 51.9 Å². The van der Waals surface area contributed by atoms with Crippen molar-refractivity contribution in [3.05, 3.63) is 0 Å². The third-order valence-corrected chi connectivity index (χ3v) is 6.19. The predicted molar refractivity (Wildman–Crippen MR) is 85.6 cm³/mol. The lowest BCUT2D eigenvalue weighted by Crippen LogP contribution is -2.45. The van der Waals surface area contributed by atoms with Gasteiger partial charge in [0.05, 0.1) is 6.10 Å². The molecule has 0 saturated heterocycles. The minimum atomic E-state index is -0.154. The van der Waals surface area contributed by atoms with Gasteiger partial charge in [0.15, 0.2) is 0 Å². The van der Waals surface area contributed by atoms with Gasteiger partial charge in [-0.25, -0.2) is 0 Å². The molecule has 0 spiro atoms. The summed E-state index contributed by atoms with van der Waals surface area (Å²) in [4.78, 5) is 0. The van der Waals surface area contributed by atoms with Crippen LogP contribution in [-0.2, 0) is 0 Å². The van der Waals surface area contributed by atoms with Crippen LogP contribution in [0.3, 0.4) is 0 Å². The van der Waals surface area contributed by atoms with Gasteiger partial charge in [0.1, 0.15) is 0 Å². The minimum Gasteiger partial charge on any atom is -0.392 e. The first-order valence-electron chi connectivity index (χ1n) is 9.08. The number of rotatable bonds is 6. The van der Waals surface area contributed by atoms with Gasteiger partial charge in [-0.3, -0.25) is 0 Å². The molecule has 2 saturated carbocycles. The van der Waals surface area contributed by atoms with E-state index in [0.717, 1.165) is 31.1 Å². The maximum atomic E-state index is 10.8. The molecule has 2 heteroatoms. The van der Waals surface area contributed by atoms with Gasteiger partial charge >= 0.3 is 0 Å². The van der Waals surface area contributed by atoms with Crippen molar-refractivity contribution in [2.75, 3.05) is 6.54 Å². The number of aliphatic hydroxyl groups is 1. The van der Waals surface area contributed by atoms with Crippen LogP contribution in [0.4, 0.5) is 0 Å². The van der Waals surface area contributed by atoms with Crippen LogP contribution in [0.5, 0.6) is 0 Å². The van der Waals surface area contributed by atoms with E-state index in [4.69, 9.17) is 5.73 Å². The van der Waals surface area contributed by atoms with Crippen LogP contribution < -0.4 is 5.73 Å². The Kier molecular flexibility index (Phi) is 6.35. The molecule has 0 heterocycles. The number of aliphatic hydroxyl groups excluding tert-OH is 1. The van der Waals surface area contributed by atoms with Crippen molar-refractivity contribution in [2.45, 2.75) is 90.1 Å². The molecule has 3 N–H and O–H groups in total. The molecule has 0 bridgehead atoms. The maximum absolute atomic E-state index is 10.8. The summed E-state index contributed by atoms with van der Waals surface area (Å²) in [6.45, 7) is 2.96. The van der Waals surface area contributed by atoms with Gasteiger partial charge in [0.2, 0.25) is 0 Å². The fraction of sp³-hybridized carbons (Fsp3) is 1.00. The smallest absolute Gasteiger partial charge is 0.0611 e. The van der Waals surface area contributed by atoms with Gasteiger partial charge in [-0.05, 0) is 43.9 Å². The Labute approximate surface area is 125 Å². The Morgan fingerprint density at radius 1 is 1.05 bits per heavy atom. The van der Waals surface area contributed by atoms with E-state index in [1.165, 1.54) is 57.8 Å². The normalized spacial score (nSPS) is 34.0. The molecule has 0 aromatic carbocycles. The van der Waals surface area contributed by atoms with Crippen molar-refractivity contribution in [3.8, 4) is 0 Å². The van der Waals surface area contributed by atoms with Crippen LogP contribution in [0.2, 0.25) is 0 Å². The predicted octanol–water partition coefficient (Wildman–Crippen LogP) is 4.25. The van der Waals surface area contributed by atoms with E-state index in [2.05, 4.69) is 6.92 Å². The van der Waals surface area contributed by atoms with Gasteiger partial charge in [0, 0.05) is 12.0 Å². The van der Waals surface area contributed by atoms with Crippen LogP contribution in [0.25, 0.3) is 0 Å². The van der Waals surface area contributed by atoms with E-state index in [0.29, 0.717) is 6.54 Å². The molecule has 0 aromatic heterocycles. The Morgan fingerprint density at radius 3 is 2.25 bits per heavy atom. The highest BCUT2D eigenvalue weighted by molar-refractivity contribution is 4.93. The minimum absolute atomic E-state index is 0.0433. The Hall–Kier alpha value is -0.0800. The van der Waals surface area contributed by atoms with Crippen molar-refractivity contribution in [1.29, 1.82) is 0 Å². The largest absolute Gasteiger partial charge is 0.392 e. The third-order valence-electron chi connectivity index (χ3n) is 6.19. The average molecular weight is 281 g/mol. The highest BCUT2D eigenvalue weighted by atomic mass is 16.3. The summed E-state index contributed by atoms with van der Waals surface area (Å²) in [5, 5.41) is 10.8. The third kappa shape index (κ3) is 3.98. The number of hydrogen-bond acceptors (Lipinski definition) is 2. The van der Waals surface area contributed by atoms with Crippen molar-refractivity contribution in [1.82, 2.24) is 0 Å². The molecule has 2 nitrogen and oxygen atoms in total. The zero-order valence-electron chi connectivity index (χ0n) is 13.4. The summed E-state index contributed by atoms with van der Waals surface area (Å²) >= 11 is 0. The summed E-state index contributed by atoms with van der Waals surface area (Å²) in [6, 6.07) is 0. The second kappa shape index (κ2) is 7.79. The molecule has 0 aromatic rings. The van der Waals surface area contributed by atoms with Gasteiger partial charge in [-0.15, -0.1) is 0 Å². The van der Waals surface area contributed by atoms with Crippen LogP contribution in [0, 0.1) is 17.3 Å². The zero-order chi connectivity index (χ0) is 14.4. The standard InChI is InChI=1S/C18H35NO/c1-2-6-15-9-11-18(14-19,12-10-15)17(20)13-16-7-4-3-5-8-16/h15-17,20H,2-14,19H2,1H3. The number of hydrogen-bond donors (Lipinski definition) is 2. The molecule has 2 fully saturated rings. The topological polar surface area (TPSA) is 46.2 Å². The summed E-state index contributed by atoms with van der Waals surface area (Å²) in [5.41, 5.74) is 6.15. The second-order valence-electron chi connectivity index (χ2n) is 7.55. The van der Waals surface area contributed by atoms with Crippen molar-refractivity contribution in [2.24, 2.45) is 23.0 Å². The lowest BCUT2D eigenvalue weighted by Gasteiger charge is -2.44. The fourth-order valence-corrected chi connectivity index (χ4v) is 4.61.